The molecule has 9 nitrogen and oxygen atoms in total. The zero-order valence-electron chi connectivity index (χ0n) is 15.2. The number of carbonyl (C=O) groups is 4. The molecule has 1 aromatic rings. The molecule has 5 unspecified atom stereocenters. The van der Waals surface area contributed by atoms with Crippen molar-refractivity contribution in [2.45, 2.75) is 58.4 Å². The lowest BCUT2D eigenvalue weighted by Crippen LogP contribution is -2.62. The van der Waals surface area contributed by atoms with Crippen LogP contribution in [0.4, 0.5) is 0 Å². The molecule has 0 aliphatic carbocycles. The van der Waals surface area contributed by atoms with Gasteiger partial charge in [-0.1, -0.05) is 0 Å². The largest absolute Gasteiger partial charge is 0.459 e. The molecular formula is C17H20O9S. The van der Waals surface area contributed by atoms with E-state index in [9.17, 15) is 19.2 Å². The van der Waals surface area contributed by atoms with E-state index >= 15 is 0 Å². The Morgan fingerprint density at radius 3 is 2.11 bits per heavy atom. The van der Waals surface area contributed by atoms with Crippen LogP contribution in [0.1, 0.15) is 37.4 Å². The van der Waals surface area contributed by atoms with E-state index < -0.39 is 48.6 Å². The van der Waals surface area contributed by atoms with E-state index in [2.05, 4.69) is 0 Å². The summed E-state index contributed by atoms with van der Waals surface area (Å²) in [4.78, 5) is 46.0. The summed E-state index contributed by atoms with van der Waals surface area (Å²) < 4.78 is 27.2. The molecule has 0 N–H and O–H groups in total. The molecule has 0 saturated carbocycles. The van der Waals surface area contributed by atoms with Crippen LogP contribution in [0.5, 0.6) is 5.75 Å². The Bertz CT molecular complexity index is 713. The van der Waals surface area contributed by atoms with E-state index in [-0.39, 0.29) is 5.75 Å². The van der Waals surface area contributed by atoms with Crippen LogP contribution in [0.3, 0.4) is 0 Å². The molecule has 10 heteroatoms. The van der Waals surface area contributed by atoms with E-state index in [0.717, 1.165) is 11.3 Å². The van der Waals surface area contributed by atoms with Crippen molar-refractivity contribution in [2.75, 3.05) is 0 Å². The molecule has 1 fully saturated rings. The lowest BCUT2D eigenvalue weighted by Gasteiger charge is -2.43. The summed E-state index contributed by atoms with van der Waals surface area (Å²) in [6.07, 6.45) is -4.68. The monoisotopic (exact) mass is 400 g/mol. The minimum absolute atomic E-state index is 0.233. The summed E-state index contributed by atoms with van der Waals surface area (Å²) in [5, 5.41) is 1.65. The second kappa shape index (κ2) is 8.96. The van der Waals surface area contributed by atoms with Crippen molar-refractivity contribution in [1.82, 2.24) is 0 Å². The summed E-state index contributed by atoms with van der Waals surface area (Å²) >= 11 is 1.16. The van der Waals surface area contributed by atoms with Gasteiger partial charge in [0.1, 0.15) is 10.6 Å². The number of ether oxygens (including phenoxy) is 5. The number of esters is 3. The quantitative estimate of drug-likeness (QED) is 0.398. The van der Waals surface area contributed by atoms with Gasteiger partial charge < -0.3 is 23.7 Å². The van der Waals surface area contributed by atoms with Gasteiger partial charge in [-0.15, -0.1) is 11.3 Å². The second-order valence-electron chi connectivity index (χ2n) is 5.82. The maximum absolute atomic E-state index is 11.6. The van der Waals surface area contributed by atoms with E-state index in [0.29, 0.717) is 11.2 Å². The van der Waals surface area contributed by atoms with Crippen molar-refractivity contribution in [3.63, 3.8) is 0 Å². The van der Waals surface area contributed by atoms with Gasteiger partial charge in [-0.3, -0.25) is 19.2 Å². The zero-order valence-corrected chi connectivity index (χ0v) is 16.0. The molecule has 1 aliphatic rings. The van der Waals surface area contributed by atoms with Gasteiger partial charge in [0.15, 0.2) is 18.5 Å². The molecule has 5 atom stereocenters. The first-order valence-corrected chi connectivity index (χ1v) is 8.97. The van der Waals surface area contributed by atoms with Gasteiger partial charge >= 0.3 is 17.9 Å². The van der Waals surface area contributed by atoms with Crippen molar-refractivity contribution in [3.8, 4) is 5.75 Å². The van der Waals surface area contributed by atoms with E-state index in [1.165, 1.54) is 20.8 Å². The minimum Gasteiger partial charge on any atom is -0.459 e. The van der Waals surface area contributed by atoms with Gasteiger partial charge in [0.2, 0.25) is 12.4 Å². The van der Waals surface area contributed by atoms with E-state index in [1.54, 1.807) is 18.4 Å². The number of rotatable bonds is 6. The Balaban J connectivity index is 2.36. The Hall–Kier alpha value is -2.46. The van der Waals surface area contributed by atoms with Crippen molar-refractivity contribution in [2.24, 2.45) is 0 Å². The predicted octanol–water partition coefficient (Wildman–Crippen LogP) is 1.48. The van der Waals surface area contributed by atoms with Crippen LogP contribution in [0.15, 0.2) is 11.4 Å². The Morgan fingerprint density at radius 2 is 1.56 bits per heavy atom. The predicted molar refractivity (Wildman–Crippen MR) is 91.3 cm³/mol. The summed E-state index contributed by atoms with van der Waals surface area (Å²) in [7, 11) is 0. The van der Waals surface area contributed by atoms with Crippen molar-refractivity contribution >= 4 is 35.5 Å². The summed E-state index contributed by atoms with van der Waals surface area (Å²) in [6, 6.07) is 1.56. The first kappa shape index (κ1) is 20.8. The molecule has 148 valence electrons. The molecule has 0 aromatic carbocycles. The molecule has 0 bridgehead atoms. The first-order chi connectivity index (χ1) is 12.7. The van der Waals surface area contributed by atoms with Gasteiger partial charge in [-0.05, 0) is 18.4 Å². The summed E-state index contributed by atoms with van der Waals surface area (Å²) in [5.41, 5.74) is 0. The maximum Gasteiger partial charge on any atom is 0.303 e. The normalized spacial score (nSPS) is 27.3. The van der Waals surface area contributed by atoms with E-state index in [4.69, 9.17) is 23.7 Å². The highest BCUT2D eigenvalue weighted by Gasteiger charge is 2.51. The van der Waals surface area contributed by atoms with Crippen LogP contribution in [0.25, 0.3) is 0 Å². The molecule has 1 aromatic heterocycles. The highest BCUT2D eigenvalue weighted by Crippen LogP contribution is 2.32. The smallest absolute Gasteiger partial charge is 0.303 e. The average Bonchev–Trinajstić information content (AvgIpc) is 3.00. The molecule has 2 heterocycles. The SMILES string of the molecule is CC(=O)OC1C(C)OC(Oc2ccsc2C=O)C(OC(C)=O)C1OC(C)=O. The van der Waals surface area contributed by atoms with Gasteiger partial charge in [0.05, 0.1) is 6.10 Å². The van der Waals surface area contributed by atoms with Crippen LogP contribution < -0.4 is 4.74 Å². The zero-order chi connectivity index (χ0) is 20.1. The Morgan fingerprint density at radius 1 is 1.00 bits per heavy atom. The standard InChI is InChI=1S/C17H20O9S/c1-8-14(23-9(2)19)15(24-10(3)20)16(25-11(4)21)17(22-8)26-12-5-6-27-13(12)7-18/h5-8,14-17H,1-4H3. The van der Waals surface area contributed by atoms with Crippen molar-refractivity contribution < 1.29 is 42.9 Å². The van der Waals surface area contributed by atoms with Crippen molar-refractivity contribution in [3.05, 3.63) is 16.3 Å². The molecule has 0 radical (unpaired) electrons. The number of aldehydes is 1. The third-order valence-corrected chi connectivity index (χ3v) is 4.46. The Labute approximate surface area is 159 Å². The van der Waals surface area contributed by atoms with Gasteiger partial charge in [0.25, 0.3) is 0 Å². The third kappa shape index (κ3) is 5.27. The average molecular weight is 400 g/mol. The van der Waals surface area contributed by atoms with Gasteiger partial charge in [-0.25, -0.2) is 0 Å². The van der Waals surface area contributed by atoms with Crippen LogP contribution in [-0.2, 0) is 33.3 Å². The van der Waals surface area contributed by atoms with E-state index in [1.807, 2.05) is 0 Å². The minimum atomic E-state index is -1.22. The Kier molecular flexibility index (Phi) is 6.92. The fourth-order valence-electron chi connectivity index (χ4n) is 2.68. The molecule has 0 amide bonds. The topological polar surface area (TPSA) is 114 Å². The van der Waals surface area contributed by atoms with Gasteiger partial charge in [-0.2, -0.15) is 0 Å². The molecule has 0 spiro atoms. The summed E-state index contributed by atoms with van der Waals surface area (Å²) in [5.74, 6) is -1.72. The lowest BCUT2D eigenvalue weighted by molar-refractivity contribution is -0.280. The molecule has 2 rings (SSSR count). The first-order valence-electron chi connectivity index (χ1n) is 8.09. The third-order valence-electron chi connectivity index (χ3n) is 3.64. The molecule has 27 heavy (non-hydrogen) atoms. The molecular weight excluding hydrogens is 380 g/mol. The van der Waals surface area contributed by atoms with Gasteiger partial charge in [0, 0.05) is 20.8 Å². The number of hydrogen-bond donors (Lipinski definition) is 0. The van der Waals surface area contributed by atoms with Crippen LogP contribution in [-0.4, -0.2) is 54.9 Å². The molecule has 1 saturated heterocycles. The number of hydrogen-bond acceptors (Lipinski definition) is 10. The number of thiophene rings is 1. The fourth-order valence-corrected chi connectivity index (χ4v) is 3.31. The van der Waals surface area contributed by atoms with Crippen LogP contribution >= 0.6 is 11.3 Å². The highest BCUT2D eigenvalue weighted by atomic mass is 32.1. The summed E-state index contributed by atoms with van der Waals surface area (Å²) in [6.45, 7) is 5.14. The van der Waals surface area contributed by atoms with Crippen LogP contribution in [0, 0.1) is 0 Å². The number of carbonyl (C=O) groups excluding carboxylic acids is 4. The maximum atomic E-state index is 11.6. The second-order valence-corrected chi connectivity index (χ2v) is 6.76. The lowest BCUT2D eigenvalue weighted by atomic mass is 9.99. The van der Waals surface area contributed by atoms with Crippen molar-refractivity contribution in [1.29, 1.82) is 0 Å². The highest BCUT2D eigenvalue weighted by molar-refractivity contribution is 7.12. The molecule has 1 aliphatic heterocycles. The fraction of sp³-hybridized carbons (Fsp3) is 0.529. The van der Waals surface area contributed by atoms with Crippen LogP contribution in [0.2, 0.25) is 0 Å².